The van der Waals surface area contributed by atoms with Crippen molar-refractivity contribution in [1.82, 2.24) is 4.98 Å². The zero-order valence-corrected chi connectivity index (χ0v) is 7.92. The van der Waals surface area contributed by atoms with Gasteiger partial charge in [-0.05, 0) is 24.1 Å². The molecule has 4 nitrogen and oxygen atoms in total. The summed E-state index contributed by atoms with van der Waals surface area (Å²) in [5, 5.41) is 18.6. The van der Waals surface area contributed by atoms with Gasteiger partial charge in [0.05, 0.1) is 12.0 Å². The van der Waals surface area contributed by atoms with Gasteiger partial charge in [-0.3, -0.25) is 9.78 Å². The smallest absolute Gasteiger partial charge is 0.309 e. The Morgan fingerprint density at radius 2 is 2.07 bits per heavy atom. The number of carboxylic acid groups (broad SMARTS) is 1. The summed E-state index contributed by atoms with van der Waals surface area (Å²) in [6.07, 6.45) is 2.51. The third-order valence-corrected chi connectivity index (χ3v) is 2.19. The molecule has 0 aliphatic heterocycles. The number of carbonyl (C=O) groups is 1. The highest BCUT2D eigenvalue weighted by atomic mass is 16.4. The summed E-state index contributed by atoms with van der Waals surface area (Å²) in [6, 6.07) is 3.24. The van der Waals surface area contributed by atoms with E-state index in [1.165, 1.54) is 12.4 Å². The first-order valence-corrected chi connectivity index (χ1v) is 4.47. The monoisotopic (exact) mass is 195 g/mol. The molecular weight excluding hydrogens is 182 g/mol. The van der Waals surface area contributed by atoms with Gasteiger partial charge in [-0.2, -0.15) is 0 Å². The van der Waals surface area contributed by atoms with Gasteiger partial charge >= 0.3 is 5.97 Å². The van der Waals surface area contributed by atoms with Crippen LogP contribution in [0.1, 0.15) is 25.0 Å². The molecule has 4 heteroatoms. The van der Waals surface area contributed by atoms with Crippen LogP contribution in [-0.4, -0.2) is 21.2 Å². The van der Waals surface area contributed by atoms with Crippen molar-refractivity contribution in [2.75, 3.05) is 0 Å². The maximum absolute atomic E-state index is 10.8. The van der Waals surface area contributed by atoms with Crippen molar-refractivity contribution in [3.8, 4) is 0 Å². The van der Waals surface area contributed by atoms with E-state index in [1.807, 2.05) is 0 Å². The largest absolute Gasteiger partial charge is 0.481 e. The fourth-order valence-electron chi connectivity index (χ4n) is 1.33. The molecule has 0 spiro atoms. The molecule has 2 N–H and O–H groups in total. The van der Waals surface area contributed by atoms with Gasteiger partial charge < -0.3 is 10.2 Å². The Hall–Kier alpha value is -1.42. The van der Waals surface area contributed by atoms with E-state index in [0.29, 0.717) is 12.0 Å². The molecule has 1 heterocycles. The van der Waals surface area contributed by atoms with Crippen LogP contribution in [-0.2, 0) is 4.79 Å². The van der Waals surface area contributed by atoms with Crippen molar-refractivity contribution < 1.29 is 15.0 Å². The number of pyridine rings is 1. The minimum absolute atomic E-state index is 0.402. The maximum Gasteiger partial charge on any atom is 0.309 e. The molecule has 0 fully saturated rings. The SMILES string of the molecule is CCC(C(=O)O)C(O)c1ccncc1. The summed E-state index contributed by atoms with van der Waals surface area (Å²) >= 11 is 0. The van der Waals surface area contributed by atoms with Gasteiger partial charge in [-0.25, -0.2) is 0 Å². The van der Waals surface area contributed by atoms with Gasteiger partial charge in [0.25, 0.3) is 0 Å². The summed E-state index contributed by atoms with van der Waals surface area (Å²) in [5.41, 5.74) is 0.592. The van der Waals surface area contributed by atoms with Gasteiger partial charge in [0.2, 0.25) is 0 Å². The van der Waals surface area contributed by atoms with Gasteiger partial charge in [0.15, 0.2) is 0 Å². The molecule has 0 aliphatic rings. The van der Waals surface area contributed by atoms with E-state index in [9.17, 15) is 9.90 Å². The molecule has 0 aromatic carbocycles. The van der Waals surface area contributed by atoms with Crippen molar-refractivity contribution in [2.24, 2.45) is 5.92 Å². The van der Waals surface area contributed by atoms with Crippen molar-refractivity contribution in [3.63, 3.8) is 0 Å². The third-order valence-electron chi connectivity index (χ3n) is 2.19. The molecule has 14 heavy (non-hydrogen) atoms. The Balaban J connectivity index is 2.83. The van der Waals surface area contributed by atoms with E-state index >= 15 is 0 Å². The van der Waals surface area contributed by atoms with Crippen LogP contribution in [0.25, 0.3) is 0 Å². The van der Waals surface area contributed by atoms with Crippen LogP contribution >= 0.6 is 0 Å². The summed E-state index contributed by atoms with van der Waals surface area (Å²) in [7, 11) is 0. The predicted octanol–water partition coefficient (Wildman–Crippen LogP) is 1.23. The number of carboxylic acids is 1. The van der Waals surface area contributed by atoms with Crippen LogP contribution in [0, 0.1) is 5.92 Å². The van der Waals surface area contributed by atoms with Crippen molar-refractivity contribution >= 4 is 5.97 Å². The highest BCUT2D eigenvalue weighted by molar-refractivity contribution is 5.70. The Morgan fingerprint density at radius 1 is 1.50 bits per heavy atom. The number of rotatable bonds is 4. The van der Waals surface area contributed by atoms with Crippen molar-refractivity contribution in [3.05, 3.63) is 30.1 Å². The number of hydrogen-bond acceptors (Lipinski definition) is 3. The molecule has 0 bridgehead atoms. The second-order valence-electron chi connectivity index (χ2n) is 3.08. The standard InChI is InChI=1S/C10H13NO3/c1-2-8(10(13)14)9(12)7-3-5-11-6-4-7/h3-6,8-9,12H,2H2,1H3,(H,13,14). The topological polar surface area (TPSA) is 70.4 Å². The summed E-state index contributed by atoms with van der Waals surface area (Å²) < 4.78 is 0. The van der Waals surface area contributed by atoms with E-state index in [2.05, 4.69) is 4.98 Å². The molecule has 0 saturated carbocycles. The molecule has 0 radical (unpaired) electrons. The molecule has 1 rings (SSSR count). The Kier molecular flexibility index (Phi) is 3.59. The second kappa shape index (κ2) is 4.72. The third kappa shape index (κ3) is 2.29. The van der Waals surface area contributed by atoms with Gasteiger partial charge in [0, 0.05) is 12.4 Å². The van der Waals surface area contributed by atoms with Crippen LogP contribution in [0.2, 0.25) is 0 Å². The number of nitrogens with zero attached hydrogens (tertiary/aromatic N) is 1. The Bertz CT molecular complexity index is 299. The van der Waals surface area contributed by atoms with Crippen LogP contribution in [0.15, 0.2) is 24.5 Å². The molecule has 0 aliphatic carbocycles. The summed E-state index contributed by atoms with van der Waals surface area (Å²) in [6.45, 7) is 1.74. The van der Waals surface area contributed by atoms with E-state index in [1.54, 1.807) is 19.1 Å². The Morgan fingerprint density at radius 3 is 2.50 bits per heavy atom. The van der Waals surface area contributed by atoms with Crippen LogP contribution in [0.3, 0.4) is 0 Å². The van der Waals surface area contributed by atoms with Crippen LogP contribution in [0.4, 0.5) is 0 Å². The fourth-order valence-corrected chi connectivity index (χ4v) is 1.33. The van der Waals surface area contributed by atoms with Gasteiger partial charge in [-0.1, -0.05) is 6.92 Å². The number of aliphatic carboxylic acids is 1. The lowest BCUT2D eigenvalue weighted by Gasteiger charge is -2.17. The first-order chi connectivity index (χ1) is 6.66. The van der Waals surface area contributed by atoms with Crippen LogP contribution in [0.5, 0.6) is 0 Å². The minimum Gasteiger partial charge on any atom is -0.481 e. The number of aliphatic hydroxyl groups excluding tert-OH is 1. The van der Waals surface area contributed by atoms with E-state index in [-0.39, 0.29) is 0 Å². The molecule has 1 aromatic heterocycles. The predicted molar refractivity (Wildman–Crippen MR) is 50.6 cm³/mol. The van der Waals surface area contributed by atoms with Crippen molar-refractivity contribution in [1.29, 1.82) is 0 Å². The van der Waals surface area contributed by atoms with E-state index < -0.39 is 18.0 Å². The lowest BCUT2D eigenvalue weighted by molar-refractivity contribution is -0.146. The van der Waals surface area contributed by atoms with E-state index in [0.717, 1.165) is 0 Å². The lowest BCUT2D eigenvalue weighted by atomic mass is 9.94. The first kappa shape index (κ1) is 10.7. The highest BCUT2D eigenvalue weighted by Gasteiger charge is 2.25. The molecule has 2 atom stereocenters. The molecule has 0 saturated heterocycles. The lowest BCUT2D eigenvalue weighted by Crippen LogP contribution is -2.21. The average Bonchev–Trinajstić information content (AvgIpc) is 2.19. The zero-order valence-electron chi connectivity index (χ0n) is 7.92. The zero-order chi connectivity index (χ0) is 10.6. The average molecular weight is 195 g/mol. The molecule has 2 unspecified atom stereocenters. The quantitative estimate of drug-likeness (QED) is 0.758. The number of aliphatic hydroxyl groups is 1. The summed E-state index contributed by atoms with van der Waals surface area (Å²) in [4.78, 5) is 14.6. The van der Waals surface area contributed by atoms with Gasteiger partial charge in [0.1, 0.15) is 0 Å². The normalized spacial score (nSPS) is 14.7. The number of hydrogen-bond donors (Lipinski definition) is 2. The highest BCUT2D eigenvalue weighted by Crippen LogP contribution is 2.23. The second-order valence-corrected chi connectivity index (χ2v) is 3.08. The summed E-state index contributed by atoms with van der Waals surface area (Å²) in [5.74, 6) is -1.73. The molecule has 0 amide bonds. The van der Waals surface area contributed by atoms with E-state index in [4.69, 9.17) is 5.11 Å². The van der Waals surface area contributed by atoms with Crippen LogP contribution < -0.4 is 0 Å². The molecule has 1 aromatic rings. The minimum atomic E-state index is -0.975. The number of aromatic nitrogens is 1. The first-order valence-electron chi connectivity index (χ1n) is 4.47. The molecular formula is C10H13NO3. The Labute approximate surface area is 82.2 Å². The van der Waals surface area contributed by atoms with Gasteiger partial charge in [-0.15, -0.1) is 0 Å². The van der Waals surface area contributed by atoms with Crippen molar-refractivity contribution in [2.45, 2.75) is 19.4 Å². The fraction of sp³-hybridized carbons (Fsp3) is 0.400. The molecule has 76 valence electrons. The maximum atomic E-state index is 10.8.